The lowest BCUT2D eigenvalue weighted by atomic mass is 9.86. The Kier molecular flexibility index (Phi) is 3.81. The van der Waals surface area contributed by atoms with Gasteiger partial charge in [0, 0.05) is 12.2 Å². The maximum Gasteiger partial charge on any atom is 0.126 e. The van der Waals surface area contributed by atoms with E-state index in [9.17, 15) is 0 Å². The highest BCUT2D eigenvalue weighted by Crippen LogP contribution is 2.44. The molecule has 4 rings (SSSR count). The van der Waals surface area contributed by atoms with Crippen LogP contribution in [0.5, 0.6) is 0 Å². The van der Waals surface area contributed by atoms with Crippen molar-refractivity contribution in [2.75, 3.05) is 11.9 Å². The molecule has 1 aliphatic heterocycles. The van der Waals surface area contributed by atoms with Gasteiger partial charge in [0.1, 0.15) is 5.82 Å². The molecular formula is C19H22N2O. The van der Waals surface area contributed by atoms with E-state index in [1.807, 2.05) is 24.4 Å². The summed E-state index contributed by atoms with van der Waals surface area (Å²) in [4.78, 5) is 4.38. The van der Waals surface area contributed by atoms with E-state index in [0.29, 0.717) is 12.0 Å². The highest BCUT2D eigenvalue weighted by Gasteiger charge is 2.39. The molecule has 0 spiro atoms. The monoisotopic (exact) mass is 294 g/mol. The van der Waals surface area contributed by atoms with Crippen LogP contribution in [0.1, 0.15) is 30.9 Å². The molecule has 1 aromatic carbocycles. The lowest BCUT2D eigenvalue weighted by molar-refractivity contribution is -0.0384. The number of ether oxygens (including phenoxy) is 1. The van der Waals surface area contributed by atoms with E-state index in [1.54, 1.807) is 0 Å². The predicted octanol–water partition coefficient (Wildman–Crippen LogP) is 4.05. The molecule has 2 fully saturated rings. The average Bonchev–Trinajstić information content (AvgIpc) is 2.98. The molecule has 0 bridgehead atoms. The summed E-state index contributed by atoms with van der Waals surface area (Å²) in [6, 6.07) is 17.2. The fourth-order valence-electron chi connectivity index (χ4n) is 3.96. The zero-order chi connectivity index (χ0) is 14.8. The van der Waals surface area contributed by atoms with Crippen molar-refractivity contribution in [3.63, 3.8) is 0 Å². The van der Waals surface area contributed by atoms with Gasteiger partial charge >= 0.3 is 0 Å². The van der Waals surface area contributed by atoms with Crippen molar-refractivity contribution in [1.29, 1.82) is 0 Å². The van der Waals surface area contributed by atoms with Gasteiger partial charge in [-0.1, -0.05) is 36.4 Å². The van der Waals surface area contributed by atoms with Crippen LogP contribution in [0.15, 0.2) is 54.7 Å². The molecule has 22 heavy (non-hydrogen) atoms. The molecule has 114 valence electrons. The largest absolute Gasteiger partial charge is 0.373 e. The van der Waals surface area contributed by atoms with Crippen LogP contribution in [0, 0.1) is 11.8 Å². The van der Waals surface area contributed by atoms with E-state index in [4.69, 9.17) is 4.74 Å². The second kappa shape index (κ2) is 6.09. The molecule has 1 saturated carbocycles. The number of anilines is 1. The SMILES string of the molecule is c1ccc([C@@H]2C[C@@H]3C[C@H](Nc4ccccn4)C[C@@H]3CO2)cc1. The van der Waals surface area contributed by atoms with Gasteiger partial charge in [-0.25, -0.2) is 4.98 Å². The molecule has 1 N–H and O–H groups in total. The topological polar surface area (TPSA) is 34.2 Å². The summed E-state index contributed by atoms with van der Waals surface area (Å²) in [5.41, 5.74) is 1.32. The number of hydrogen-bond donors (Lipinski definition) is 1. The van der Waals surface area contributed by atoms with E-state index in [0.717, 1.165) is 24.8 Å². The third kappa shape index (κ3) is 2.86. The third-order valence-electron chi connectivity index (χ3n) is 5.06. The number of nitrogens with zero attached hydrogens (tertiary/aromatic N) is 1. The lowest BCUT2D eigenvalue weighted by Gasteiger charge is -2.32. The number of aromatic nitrogens is 1. The second-order valence-electron chi connectivity index (χ2n) is 6.52. The van der Waals surface area contributed by atoms with Gasteiger partial charge in [-0.15, -0.1) is 0 Å². The van der Waals surface area contributed by atoms with Crippen LogP contribution in [0.4, 0.5) is 5.82 Å². The summed E-state index contributed by atoms with van der Waals surface area (Å²) in [6.45, 7) is 0.893. The van der Waals surface area contributed by atoms with Crippen LogP contribution in [0.3, 0.4) is 0 Å². The minimum absolute atomic E-state index is 0.274. The van der Waals surface area contributed by atoms with Gasteiger partial charge in [0.2, 0.25) is 0 Å². The molecule has 3 nitrogen and oxygen atoms in total. The molecule has 3 heteroatoms. The van der Waals surface area contributed by atoms with Crippen LogP contribution in [-0.4, -0.2) is 17.6 Å². The van der Waals surface area contributed by atoms with Gasteiger partial charge in [-0.3, -0.25) is 0 Å². The summed E-state index contributed by atoms with van der Waals surface area (Å²) in [5.74, 6) is 2.45. The Hall–Kier alpha value is -1.87. The summed E-state index contributed by atoms with van der Waals surface area (Å²) in [7, 11) is 0. The van der Waals surface area contributed by atoms with Crippen molar-refractivity contribution in [2.45, 2.75) is 31.4 Å². The Labute approximate surface area is 131 Å². The van der Waals surface area contributed by atoms with E-state index in [-0.39, 0.29) is 6.10 Å². The molecule has 1 aromatic heterocycles. The molecule has 1 aliphatic carbocycles. The van der Waals surface area contributed by atoms with Gasteiger partial charge in [0.05, 0.1) is 12.7 Å². The molecule has 0 radical (unpaired) electrons. The Morgan fingerprint density at radius 1 is 0.909 bits per heavy atom. The molecule has 4 atom stereocenters. The van der Waals surface area contributed by atoms with E-state index >= 15 is 0 Å². The first-order valence-corrected chi connectivity index (χ1v) is 8.22. The average molecular weight is 294 g/mol. The standard InChI is InChI=1S/C19H22N2O/c1-2-6-14(7-3-1)18-12-15-10-17(11-16(15)13-22-18)21-19-8-4-5-9-20-19/h1-9,15-18H,10-13H2,(H,20,21)/t15-,16+,17-,18-/m0/s1. The Morgan fingerprint density at radius 3 is 2.55 bits per heavy atom. The van der Waals surface area contributed by atoms with Crippen LogP contribution in [0.2, 0.25) is 0 Å². The van der Waals surface area contributed by atoms with Crippen molar-refractivity contribution < 1.29 is 4.74 Å². The van der Waals surface area contributed by atoms with E-state index < -0.39 is 0 Å². The number of hydrogen-bond acceptors (Lipinski definition) is 3. The normalized spacial score (nSPS) is 30.7. The van der Waals surface area contributed by atoms with Crippen LogP contribution in [0.25, 0.3) is 0 Å². The molecule has 0 unspecified atom stereocenters. The summed E-state index contributed by atoms with van der Waals surface area (Å²) in [5, 5.41) is 3.59. The number of nitrogens with one attached hydrogen (secondary N) is 1. The molecule has 2 aromatic rings. The summed E-state index contributed by atoms with van der Waals surface area (Å²) in [6.07, 6.45) is 5.70. The van der Waals surface area contributed by atoms with Crippen molar-refractivity contribution in [3.05, 3.63) is 60.3 Å². The summed E-state index contributed by atoms with van der Waals surface area (Å²) >= 11 is 0. The maximum atomic E-state index is 6.13. The number of pyridine rings is 1. The smallest absolute Gasteiger partial charge is 0.126 e. The third-order valence-corrected chi connectivity index (χ3v) is 5.06. The van der Waals surface area contributed by atoms with Crippen molar-refractivity contribution >= 4 is 5.82 Å². The second-order valence-corrected chi connectivity index (χ2v) is 6.52. The highest BCUT2D eigenvalue weighted by atomic mass is 16.5. The maximum absolute atomic E-state index is 6.13. The minimum Gasteiger partial charge on any atom is -0.373 e. The van der Waals surface area contributed by atoms with Crippen molar-refractivity contribution in [3.8, 4) is 0 Å². The fourth-order valence-corrected chi connectivity index (χ4v) is 3.96. The fraction of sp³-hybridized carbons (Fsp3) is 0.421. The van der Waals surface area contributed by atoms with Crippen molar-refractivity contribution in [1.82, 2.24) is 4.98 Å². The quantitative estimate of drug-likeness (QED) is 0.927. The Balaban J connectivity index is 1.40. The molecule has 0 amide bonds. The lowest BCUT2D eigenvalue weighted by Crippen LogP contribution is -2.25. The van der Waals surface area contributed by atoms with Crippen LogP contribution < -0.4 is 5.32 Å². The van der Waals surface area contributed by atoms with Gasteiger partial charge in [0.15, 0.2) is 0 Å². The number of benzene rings is 1. The van der Waals surface area contributed by atoms with Gasteiger partial charge in [-0.2, -0.15) is 0 Å². The van der Waals surface area contributed by atoms with E-state index in [2.05, 4.69) is 40.6 Å². The zero-order valence-corrected chi connectivity index (χ0v) is 12.7. The molecule has 2 aliphatic rings. The first kappa shape index (κ1) is 13.8. The zero-order valence-electron chi connectivity index (χ0n) is 12.7. The summed E-state index contributed by atoms with van der Waals surface area (Å²) < 4.78 is 6.13. The molecule has 1 saturated heterocycles. The predicted molar refractivity (Wildman–Crippen MR) is 87.6 cm³/mol. The minimum atomic E-state index is 0.274. The number of fused-ring (bicyclic) bond motifs is 1. The van der Waals surface area contributed by atoms with Crippen LogP contribution in [-0.2, 0) is 4.74 Å². The molecule has 2 heterocycles. The van der Waals surface area contributed by atoms with E-state index in [1.165, 1.54) is 18.4 Å². The molecular weight excluding hydrogens is 272 g/mol. The Morgan fingerprint density at radius 2 is 1.73 bits per heavy atom. The van der Waals surface area contributed by atoms with Gasteiger partial charge in [-0.05, 0) is 48.8 Å². The first-order chi connectivity index (χ1) is 10.9. The number of rotatable bonds is 3. The van der Waals surface area contributed by atoms with Crippen LogP contribution >= 0.6 is 0 Å². The highest BCUT2D eigenvalue weighted by molar-refractivity contribution is 5.35. The Bertz CT molecular complexity index is 601. The van der Waals surface area contributed by atoms with Gasteiger partial charge < -0.3 is 10.1 Å². The van der Waals surface area contributed by atoms with Gasteiger partial charge in [0.25, 0.3) is 0 Å². The van der Waals surface area contributed by atoms with Crippen molar-refractivity contribution in [2.24, 2.45) is 11.8 Å². The first-order valence-electron chi connectivity index (χ1n) is 8.22.